The Bertz CT molecular complexity index is 517. The first kappa shape index (κ1) is 13.8. The summed E-state index contributed by atoms with van der Waals surface area (Å²) in [5.74, 6) is 0. The Kier molecular flexibility index (Phi) is 4.69. The standard InChI is InChI=1S/C17H22N2/c1-13-7-10-17(19-12-13)11-16(18)9-8-15-6-4-3-5-14(15)2/h3-7,10,12,16H,8-9,11,18H2,1-2H3. The Morgan fingerprint density at radius 1 is 1.11 bits per heavy atom. The molecule has 19 heavy (non-hydrogen) atoms. The van der Waals surface area contributed by atoms with Crippen LogP contribution in [0.25, 0.3) is 0 Å². The molecule has 0 fully saturated rings. The highest BCUT2D eigenvalue weighted by Crippen LogP contribution is 2.12. The molecule has 2 N–H and O–H groups in total. The van der Waals surface area contributed by atoms with E-state index >= 15 is 0 Å². The highest BCUT2D eigenvalue weighted by atomic mass is 14.7. The van der Waals surface area contributed by atoms with Gasteiger partial charge in [0.05, 0.1) is 0 Å². The molecule has 0 bridgehead atoms. The maximum atomic E-state index is 6.20. The van der Waals surface area contributed by atoms with E-state index in [1.54, 1.807) is 0 Å². The Labute approximate surface area is 115 Å². The summed E-state index contributed by atoms with van der Waals surface area (Å²) in [4.78, 5) is 4.41. The number of pyridine rings is 1. The normalized spacial score (nSPS) is 12.4. The summed E-state index contributed by atoms with van der Waals surface area (Å²) in [6.45, 7) is 4.21. The first-order valence-corrected chi connectivity index (χ1v) is 6.87. The monoisotopic (exact) mass is 254 g/mol. The van der Waals surface area contributed by atoms with Gasteiger partial charge in [-0.15, -0.1) is 0 Å². The fourth-order valence-electron chi connectivity index (χ4n) is 2.22. The van der Waals surface area contributed by atoms with Gasteiger partial charge >= 0.3 is 0 Å². The zero-order valence-corrected chi connectivity index (χ0v) is 11.8. The van der Waals surface area contributed by atoms with Crippen molar-refractivity contribution in [2.75, 3.05) is 0 Å². The molecule has 0 aliphatic heterocycles. The highest BCUT2D eigenvalue weighted by molar-refractivity contribution is 5.25. The lowest BCUT2D eigenvalue weighted by atomic mass is 9.99. The van der Waals surface area contributed by atoms with Crippen LogP contribution in [0.2, 0.25) is 0 Å². The Morgan fingerprint density at radius 3 is 2.58 bits per heavy atom. The van der Waals surface area contributed by atoms with Crippen molar-refractivity contribution in [2.45, 2.75) is 39.2 Å². The largest absolute Gasteiger partial charge is 0.327 e. The molecule has 1 atom stereocenters. The second-order valence-corrected chi connectivity index (χ2v) is 5.26. The van der Waals surface area contributed by atoms with Crippen LogP contribution in [0.3, 0.4) is 0 Å². The maximum Gasteiger partial charge on any atom is 0.0419 e. The Balaban J connectivity index is 1.86. The van der Waals surface area contributed by atoms with Crippen molar-refractivity contribution in [3.8, 4) is 0 Å². The first-order valence-electron chi connectivity index (χ1n) is 6.87. The van der Waals surface area contributed by atoms with Crippen LogP contribution in [0.15, 0.2) is 42.6 Å². The summed E-state index contributed by atoms with van der Waals surface area (Å²) in [6, 6.07) is 12.9. The summed E-state index contributed by atoms with van der Waals surface area (Å²) in [5.41, 5.74) is 11.2. The van der Waals surface area contributed by atoms with E-state index in [1.165, 1.54) is 16.7 Å². The fourth-order valence-corrected chi connectivity index (χ4v) is 2.22. The third-order valence-electron chi connectivity index (χ3n) is 3.49. The van der Waals surface area contributed by atoms with E-state index in [4.69, 9.17) is 5.73 Å². The number of benzene rings is 1. The molecule has 1 heterocycles. The molecule has 1 unspecified atom stereocenters. The summed E-state index contributed by atoms with van der Waals surface area (Å²) in [7, 11) is 0. The Morgan fingerprint density at radius 2 is 1.89 bits per heavy atom. The smallest absolute Gasteiger partial charge is 0.0419 e. The van der Waals surface area contributed by atoms with Crippen LogP contribution in [0.1, 0.15) is 28.8 Å². The molecule has 2 nitrogen and oxygen atoms in total. The molecule has 0 saturated heterocycles. The van der Waals surface area contributed by atoms with Crippen molar-refractivity contribution in [2.24, 2.45) is 5.73 Å². The van der Waals surface area contributed by atoms with Crippen molar-refractivity contribution in [1.82, 2.24) is 4.98 Å². The van der Waals surface area contributed by atoms with E-state index in [1.807, 2.05) is 6.20 Å². The number of nitrogens with two attached hydrogens (primary N) is 1. The molecule has 0 radical (unpaired) electrons. The molecule has 0 aliphatic rings. The lowest BCUT2D eigenvalue weighted by Gasteiger charge is -2.12. The molecule has 1 aromatic carbocycles. The van der Waals surface area contributed by atoms with Crippen LogP contribution < -0.4 is 5.73 Å². The van der Waals surface area contributed by atoms with Crippen molar-refractivity contribution >= 4 is 0 Å². The van der Waals surface area contributed by atoms with Gasteiger partial charge in [0, 0.05) is 24.4 Å². The average molecular weight is 254 g/mol. The molecule has 0 spiro atoms. The SMILES string of the molecule is Cc1ccc(CC(N)CCc2ccccc2C)nc1. The van der Waals surface area contributed by atoms with Gasteiger partial charge in [-0.2, -0.15) is 0 Å². The van der Waals surface area contributed by atoms with Crippen LogP contribution in [-0.4, -0.2) is 11.0 Å². The third kappa shape index (κ3) is 4.18. The maximum absolute atomic E-state index is 6.20. The van der Waals surface area contributed by atoms with E-state index in [0.29, 0.717) is 0 Å². The summed E-state index contributed by atoms with van der Waals surface area (Å²) in [5, 5.41) is 0. The van der Waals surface area contributed by atoms with Gasteiger partial charge in [-0.3, -0.25) is 4.98 Å². The van der Waals surface area contributed by atoms with Crippen molar-refractivity contribution in [3.63, 3.8) is 0 Å². The molecular formula is C17H22N2. The molecular weight excluding hydrogens is 232 g/mol. The molecule has 2 heteroatoms. The minimum atomic E-state index is 0.176. The second-order valence-electron chi connectivity index (χ2n) is 5.26. The van der Waals surface area contributed by atoms with E-state index in [9.17, 15) is 0 Å². The molecule has 0 aliphatic carbocycles. The van der Waals surface area contributed by atoms with Crippen LogP contribution in [-0.2, 0) is 12.8 Å². The summed E-state index contributed by atoms with van der Waals surface area (Å²) >= 11 is 0. The van der Waals surface area contributed by atoms with Gasteiger partial charge in [-0.05, 0) is 49.4 Å². The van der Waals surface area contributed by atoms with E-state index in [0.717, 1.165) is 25.0 Å². The van der Waals surface area contributed by atoms with Gasteiger partial charge in [-0.1, -0.05) is 30.3 Å². The lowest BCUT2D eigenvalue weighted by molar-refractivity contribution is 0.602. The average Bonchev–Trinajstić information content (AvgIpc) is 2.40. The number of aryl methyl sites for hydroxylation is 3. The van der Waals surface area contributed by atoms with Crippen LogP contribution in [0.4, 0.5) is 0 Å². The van der Waals surface area contributed by atoms with E-state index < -0.39 is 0 Å². The van der Waals surface area contributed by atoms with Gasteiger partial charge in [0.25, 0.3) is 0 Å². The van der Waals surface area contributed by atoms with Crippen LogP contribution >= 0.6 is 0 Å². The van der Waals surface area contributed by atoms with Crippen molar-refractivity contribution < 1.29 is 0 Å². The number of nitrogens with zero attached hydrogens (tertiary/aromatic N) is 1. The van der Waals surface area contributed by atoms with Gasteiger partial charge in [0.1, 0.15) is 0 Å². The lowest BCUT2D eigenvalue weighted by Crippen LogP contribution is -2.24. The molecule has 0 amide bonds. The number of hydrogen-bond donors (Lipinski definition) is 1. The first-order chi connectivity index (χ1) is 9.15. The van der Waals surface area contributed by atoms with Crippen LogP contribution in [0.5, 0.6) is 0 Å². The van der Waals surface area contributed by atoms with E-state index in [2.05, 4.69) is 55.2 Å². The van der Waals surface area contributed by atoms with Crippen LogP contribution in [0, 0.1) is 13.8 Å². The zero-order chi connectivity index (χ0) is 13.7. The quantitative estimate of drug-likeness (QED) is 0.890. The number of aromatic nitrogens is 1. The molecule has 2 rings (SSSR count). The molecule has 2 aromatic rings. The number of hydrogen-bond acceptors (Lipinski definition) is 2. The summed E-state index contributed by atoms with van der Waals surface area (Å²) < 4.78 is 0. The zero-order valence-electron chi connectivity index (χ0n) is 11.8. The molecule has 100 valence electrons. The van der Waals surface area contributed by atoms with Gasteiger partial charge < -0.3 is 5.73 Å². The highest BCUT2D eigenvalue weighted by Gasteiger charge is 2.06. The molecule has 1 aromatic heterocycles. The number of rotatable bonds is 5. The Hall–Kier alpha value is -1.67. The predicted molar refractivity (Wildman–Crippen MR) is 80.2 cm³/mol. The topological polar surface area (TPSA) is 38.9 Å². The summed E-state index contributed by atoms with van der Waals surface area (Å²) in [6.07, 6.45) is 4.80. The third-order valence-corrected chi connectivity index (χ3v) is 3.49. The minimum Gasteiger partial charge on any atom is -0.327 e. The van der Waals surface area contributed by atoms with Gasteiger partial charge in [-0.25, -0.2) is 0 Å². The van der Waals surface area contributed by atoms with E-state index in [-0.39, 0.29) is 6.04 Å². The molecule has 0 saturated carbocycles. The van der Waals surface area contributed by atoms with Crippen molar-refractivity contribution in [1.29, 1.82) is 0 Å². The van der Waals surface area contributed by atoms with Crippen molar-refractivity contribution in [3.05, 3.63) is 65.0 Å². The minimum absolute atomic E-state index is 0.176. The van der Waals surface area contributed by atoms with Gasteiger partial charge in [0.15, 0.2) is 0 Å². The fraction of sp³-hybridized carbons (Fsp3) is 0.353. The van der Waals surface area contributed by atoms with Gasteiger partial charge in [0.2, 0.25) is 0 Å². The predicted octanol–water partition coefficient (Wildman–Crippen LogP) is 3.20. The second kappa shape index (κ2) is 6.48.